The number of hydrogen-bond acceptors (Lipinski definition) is 9. The normalized spacial score (nSPS) is 35.4. The van der Waals surface area contributed by atoms with Gasteiger partial charge in [-0.25, -0.2) is 0 Å². The highest BCUT2D eigenvalue weighted by Crippen LogP contribution is 2.68. The molecule has 8 N–H and O–H groups in total. The zero-order chi connectivity index (χ0) is 41.6. The number of allylic oxidation sites excluding steroid dienone is 8. The van der Waals surface area contributed by atoms with E-state index in [1.165, 1.54) is 5.57 Å². The molecule has 10 nitrogen and oxygen atoms in total. The van der Waals surface area contributed by atoms with Crippen molar-refractivity contribution in [2.24, 2.45) is 28.9 Å². The topological polar surface area (TPSA) is 174 Å². The summed E-state index contributed by atoms with van der Waals surface area (Å²) in [5.74, 6) is 5.42. The van der Waals surface area contributed by atoms with Crippen molar-refractivity contribution in [1.29, 1.82) is 0 Å². The second-order valence-corrected chi connectivity index (χ2v) is 17.5. The van der Waals surface area contributed by atoms with Crippen LogP contribution in [0.3, 0.4) is 0 Å². The third-order valence-corrected chi connectivity index (χ3v) is 13.8. The number of hydrogen-bond donors (Lipinski definition) is 7. The third kappa shape index (κ3) is 9.07. The predicted octanol–water partition coefficient (Wildman–Crippen LogP) is 5.48. The molecule has 314 valence electrons. The van der Waals surface area contributed by atoms with E-state index in [0.29, 0.717) is 68.3 Å². The molecule has 0 saturated heterocycles. The number of nitrogens with two attached hydrogens (primary N) is 1. The van der Waals surface area contributed by atoms with Gasteiger partial charge in [-0.1, -0.05) is 84.1 Å². The van der Waals surface area contributed by atoms with Gasteiger partial charge in [-0.05, 0) is 118 Å². The van der Waals surface area contributed by atoms with Gasteiger partial charge in [0.25, 0.3) is 0 Å². The minimum Gasteiger partial charge on any atom is -0.396 e. The number of rotatable bonds is 10. The summed E-state index contributed by atoms with van der Waals surface area (Å²) >= 11 is 0. The molecule has 2 aliphatic heterocycles. The first-order chi connectivity index (χ1) is 27.8. The van der Waals surface area contributed by atoms with E-state index in [0.717, 1.165) is 48.0 Å². The lowest BCUT2D eigenvalue weighted by atomic mass is 9.51. The number of ether oxygens (including phenoxy) is 1. The van der Waals surface area contributed by atoms with Gasteiger partial charge in [0.1, 0.15) is 18.8 Å². The number of aliphatic hydroxyl groups is 4. The molecule has 0 aromatic heterocycles. The van der Waals surface area contributed by atoms with Crippen LogP contribution in [0.1, 0.15) is 120 Å². The summed E-state index contributed by atoms with van der Waals surface area (Å²) < 4.78 is 6.18. The Morgan fingerprint density at radius 3 is 2.81 bits per heavy atom. The summed E-state index contributed by atoms with van der Waals surface area (Å²) in [6.45, 7) is 10.6. The van der Waals surface area contributed by atoms with E-state index in [-0.39, 0.29) is 55.6 Å². The summed E-state index contributed by atoms with van der Waals surface area (Å²) in [5.41, 5.74) is 11.1. The SMILES string of the molecule is C=C1/C=C/C=C(\[C@H]2[C@@H]3CCC[C@@]4(O)CC/C(=C(/C)C(=O)Cc5cccc6c5[C@H](NC[C@H](C)O)C(=O)N[C@H]6N)[C@@H](CCCO)[C@]4(C3)[C@@H]2O)COCC#CC/C(C)=C/CC1. The number of carbonyl (C=O) groups is 2. The third-order valence-electron chi connectivity index (χ3n) is 13.8. The largest absolute Gasteiger partial charge is 0.396 e. The van der Waals surface area contributed by atoms with Gasteiger partial charge in [0, 0.05) is 37.3 Å². The van der Waals surface area contributed by atoms with Crippen molar-refractivity contribution in [3.8, 4) is 11.8 Å². The van der Waals surface area contributed by atoms with E-state index in [9.17, 15) is 30.0 Å². The Bertz CT molecular complexity index is 1900. The maximum Gasteiger partial charge on any atom is 0.243 e. The maximum absolute atomic E-state index is 14.6. The monoisotopic (exact) mass is 795 g/mol. The van der Waals surface area contributed by atoms with Gasteiger partial charge in [0.15, 0.2) is 5.78 Å². The number of carbonyl (C=O) groups excluding carboxylic acids is 2. The van der Waals surface area contributed by atoms with Crippen molar-refractivity contribution in [2.75, 3.05) is 26.4 Å². The van der Waals surface area contributed by atoms with Crippen LogP contribution in [0.2, 0.25) is 0 Å². The number of benzene rings is 1. The van der Waals surface area contributed by atoms with Crippen molar-refractivity contribution in [2.45, 2.75) is 128 Å². The number of nitrogens with one attached hydrogen (secondary N) is 2. The van der Waals surface area contributed by atoms with Crippen LogP contribution in [0, 0.1) is 35.0 Å². The molecule has 3 fully saturated rings. The molecule has 0 unspecified atom stereocenters. The summed E-state index contributed by atoms with van der Waals surface area (Å²) in [5, 5.41) is 52.0. The summed E-state index contributed by atoms with van der Waals surface area (Å²) in [6.07, 6.45) is 13.2. The van der Waals surface area contributed by atoms with Gasteiger partial charge in [0.05, 0.1) is 24.4 Å². The Balaban J connectivity index is 1.36. The lowest BCUT2D eigenvalue weighted by Crippen LogP contribution is -2.61. The molecule has 2 bridgehead atoms. The molecule has 1 amide bonds. The molecule has 1 aromatic carbocycles. The molecule has 0 radical (unpaired) electrons. The predicted molar refractivity (Wildman–Crippen MR) is 226 cm³/mol. The minimum atomic E-state index is -1.16. The molecule has 1 aromatic rings. The Morgan fingerprint density at radius 2 is 2.03 bits per heavy atom. The van der Waals surface area contributed by atoms with Crippen LogP contribution in [-0.4, -0.2) is 76.3 Å². The Kier molecular flexibility index (Phi) is 14.5. The van der Waals surface area contributed by atoms with Crippen molar-refractivity contribution in [3.05, 3.63) is 93.6 Å². The first-order valence-corrected chi connectivity index (χ1v) is 21.4. The second kappa shape index (κ2) is 19.2. The Morgan fingerprint density at radius 1 is 1.22 bits per heavy atom. The van der Waals surface area contributed by atoms with Crippen molar-refractivity contribution < 1.29 is 34.8 Å². The molecule has 1 spiro atoms. The van der Waals surface area contributed by atoms with Crippen molar-refractivity contribution in [3.63, 3.8) is 0 Å². The summed E-state index contributed by atoms with van der Waals surface area (Å²) in [4.78, 5) is 27.8. The number of ketones is 1. The number of amides is 1. The highest BCUT2D eigenvalue weighted by Gasteiger charge is 2.68. The fraction of sp³-hybridized carbons (Fsp3) is 0.583. The smallest absolute Gasteiger partial charge is 0.243 e. The Labute approximate surface area is 344 Å². The number of Topliss-reactive ketones (excluding diaryl/α,β-unsaturated/α-hetero) is 1. The van der Waals surface area contributed by atoms with Gasteiger partial charge in [-0.3, -0.25) is 14.9 Å². The highest BCUT2D eigenvalue weighted by atomic mass is 16.5. The van der Waals surface area contributed by atoms with E-state index < -0.39 is 35.4 Å². The van der Waals surface area contributed by atoms with Crippen LogP contribution >= 0.6 is 0 Å². The molecule has 6 rings (SSSR count). The van der Waals surface area contributed by atoms with Crippen LogP contribution in [0.5, 0.6) is 0 Å². The van der Waals surface area contributed by atoms with Crippen LogP contribution in [0.15, 0.2) is 76.9 Å². The van der Waals surface area contributed by atoms with E-state index in [1.807, 2.05) is 37.3 Å². The van der Waals surface area contributed by atoms with Gasteiger partial charge < -0.3 is 36.2 Å². The molecule has 2 heterocycles. The fourth-order valence-corrected chi connectivity index (χ4v) is 11.0. The van der Waals surface area contributed by atoms with E-state index in [4.69, 9.17) is 10.5 Å². The number of fused-ring (bicyclic) bond motifs is 2. The highest BCUT2D eigenvalue weighted by molar-refractivity contribution is 5.98. The van der Waals surface area contributed by atoms with E-state index >= 15 is 0 Å². The van der Waals surface area contributed by atoms with Gasteiger partial charge >= 0.3 is 0 Å². The molecular formula is C48H65N3O7. The average Bonchev–Trinajstić information content (AvgIpc) is 3.36. The molecule has 3 aliphatic carbocycles. The first-order valence-electron chi connectivity index (χ1n) is 21.4. The van der Waals surface area contributed by atoms with Crippen molar-refractivity contribution >= 4 is 11.7 Å². The molecule has 10 heteroatoms. The quantitative estimate of drug-likeness (QED) is 0.0920. The molecule has 9 atom stereocenters. The first kappa shape index (κ1) is 43.9. The standard InChI is InChI=1S/C48H65N3O7/c1-30-12-5-6-25-58-29-36(17-8-15-31(2)14-7-13-30)41-35-18-10-22-47(57)23-21-37(39(20-11-24-52)48(47,27-35)44(41)55)33(4)40(54)26-34-16-9-19-38-42(34)43(50-28-32(3)53)46(56)51-45(38)49/h8-9,13,15-17,19,32,35,39,41,43-45,50,52-53,55,57H,2,7,10-12,14,18,20-29,49H2,1,3-4H3,(H,51,56)/b15-8+,30-13+,36-17-,37-33+/t32-,35+,39+,41+,43-,44+,45+,47+,48+/m0/s1. The van der Waals surface area contributed by atoms with Gasteiger partial charge in [0.2, 0.25) is 5.91 Å². The summed E-state index contributed by atoms with van der Waals surface area (Å²) in [6, 6.07) is 4.77. The zero-order valence-electron chi connectivity index (χ0n) is 34.7. The summed E-state index contributed by atoms with van der Waals surface area (Å²) in [7, 11) is 0. The second-order valence-electron chi connectivity index (χ2n) is 17.5. The lowest BCUT2D eigenvalue weighted by molar-refractivity contribution is -0.181. The van der Waals surface area contributed by atoms with E-state index in [2.05, 4.69) is 48.1 Å². The zero-order valence-corrected chi connectivity index (χ0v) is 34.7. The molecular weight excluding hydrogens is 731 g/mol. The molecule has 5 aliphatic rings. The lowest BCUT2D eigenvalue weighted by Gasteiger charge is -2.57. The van der Waals surface area contributed by atoms with Gasteiger partial charge in [-0.2, -0.15) is 0 Å². The average molecular weight is 796 g/mol. The van der Waals surface area contributed by atoms with Crippen molar-refractivity contribution in [1.82, 2.24) is 10.6 Å². The Hall–Kier alpha value is -3.66. The van der Waals surface area contributed by atoms with Crippen LogP contribution in [0.4, 0.5) is 0 Å². The maximum atomic E-state index is 14.6. The van der Waals surface area contributed by atoms with Crippen LogP contribution in [-0.2, 0) is 20.7 Å². The van der Waals surface area contributed by atoms with E-state index in [1.54, 1.807) is 6.92 Å². The molecule has 58 heavy (non-hydrogen) atoms. The van der Waals surface area contributed by atoms with Crippen LogP contribution < -0.4 is 16.4 Å². The molecule has 3 saturated carbocycles. The van der Waals surface area contributed by atoms with Crippen LogP contribution in [0.25, 0.3) is 0 Å². The number of aliphatic hydroxyl groups excluding tert-OH is 3. The minimum absolute atomic E-state index is 0.0313. The van der Waals surface area contributed by atoms with Gasteiger partial charge in [-0.15, -0.1) is 0 Å². The fourth-order valence-electron chi connectivity index (χ4n) is 11.0.